The SMILES string of the molecule is CC(C)c1ccc(C(=O)CSC2=C(C#N)C(c3cccs3)C3=C(CC(C)(C)CC3=O)N2)cc1. The van der Waals surface area contributed by atoms with Crippen LogP contribution in [0.3, 0.4) is 0 Å². The van der Waals surface area contributed by atoms with Gasteiger partial charge in [-0.15, -0.1) is 11.3 Å². The summed E-state index contributed by atoms with van der Waals surface area (Å²) in [4.78, 5) is 27.0. The zero-order valence-electron chi connectivity index (χ0n) is 19.4. The number of nitriles is 1. The summed E-state index contributed by atoms with van der Waals surface area (Å²) in [5.41, 5.74) is 3.86. The van der Waals surface area contributed by atoms with Gasteiger partial charge in [0, 0.05) is 28.1 Å². The number of rotatable bonds is 6. The van der Waals surface area contributed by atoms with E-state index in [0.717, 1.165) is 17.0 Å². The molecule has 0 bridgehead atoms. The molecule has 2 aromatic rings. The summed E-state index contributed by atoms with van der Waals surface area (Å²) in [5.74, 6) is 0.404. The first-order chi connectivity index (χ1) is 15.7. The van der Waals surface area contributed by atoms with Gasteiger partial charge in [0.25, 0.3) is 0 Å². The van der Waals surface area contributed by atoms with Crippen molar-refractivity contribution < 1.29 is 9.59 Å². The number of nitrogens with one attached hydrogen (secondary N) is 1. The van der Waals surface area contributed by atoms with Gasteiger partial charge in [0.1, 0.15) is 0 Å². The number of carbonyl (C=O) groups excluding carboxylic acids is 2. The minimum atomic E-state index is -0.363. The highest BCUT2D eigenvalue weighted by atomic mass is 32.2. The van der Waals surface area contributed by atoms with E-state index in [4.69, 9.17) is 0 Å². The molecule has 170 valence electrons. The second-order valence-electron chi connectivity index (χ2n) is 9.75. The van der Waals surface area contributed by atoms with Crippen molar-refractivity contribution in [3.63, 3.8) is 0 Å². The number of thiophene rings is 1. The van der Waals surface area contributed by atoms with E-state index >= 15 is 0 Å². The Morgan fingerprint density at radius 2 is 1.97 bits per heavy atom. The maximum Gasteiger partial charge on any atom is 0.173 e. The van der Waals surface area contributed by atoms with Crippen LogP contribution in [0, 0.1) is 16.7 Å². The van der Waals surface area contributed by atoms with Crippen molar-refractivity contribution in [3.05, 3.63) is 79.7 Å². The molecule has 6 heteroatoms. The third kappa shape index (κ3) is 4.85. The van der Waals surface area contributed by atoms with Gasteiger partial charge in [-0.2, -0.15) is 5.26 Å². The molecule has 1 atom stereocenters. The fourth-order valence-electron chi connectivity index (χ4n) is 4.51. The number of thioether (sulfide) groups is 1. The number of hydrogen-bond acceptors (Lipinski definition) is 6. The Labute approximate surface area is 203 Å². The minimum absolute atomic E-state index is 0.0226. The smallest absolute Gasteiger partial charge is 0.173 e. The maximum absolute atomic E-state index is 13.2. The van der Waals surface area contributed by atoms with Gasteiger partial charge in [-0.05, 0) is 34.8 Å². The van der Waals surface area contributed by atoms with E-state index in [1.807, 2.05) is 41.8 Å². The average molecular weight is 477 g/mol. The van der Waals surface area contributed by atoms with Crippen molar-refractivity contribution >= 4 is 34.7 Å². The molecule has 4 rings (SSSR count). The van der Waals surface area contributed by atoms with Crippen LogP contribution in [0.1, 0.15) is 73.2 Å². The van der Waals surface area contributed by atoms with Gasteiger partial charge in [0.05, 0.1) is 28.3 Å². The van der Waals surface area contributed by atoms with Crippen LogP contribution in [0.5, 0.6) is 0 Å². The fraction of sp³-hybridized carbons (Fsp3) is 0.370. The molecule has 4 nitrogen and oxygen atoms in total. The highest BCUT2D eigenvalue weighted by Gasteiger charge is 2.42. The largest absolute Gasteiger partial charge is 0.352 e. The second-order valence-corrected chi connectivity index (χ2v) is 11.7. The zero-order valence-corrected chi connectivity index (χ0v) is 21.0. The van der Waals surface area contributed by atoms with Crippen molar-refractivity contribution in [1.29, 1.82) is 5.26 Å². The van der Waals surface area contributed by atoms with Gasteiger partial charge in [-0.25, -0.2) is 0 Å². The van der Waals surface area contributed by atoms with Crippen LogP contribution in [-0.2, 0) is 4.79 Å². The summed E-state index contributed by atoms with van der Waals surface area (Å²) in [5, 5.41) is 16.2. The summed E-state index contributed by atoms with van der Waals surface area (Å²) < 4.78 is 0. The van der Waals surface area contributed by atoms with Crippen molar-refractivity contribution in [1.82, 2.24) is 5.32 Å². The Hall–Kier alpha value is -2.62. The molecule has 1 aliphatic carbocycles. The molecule has 1 aliphatic heterocycles. The van der Waals surface area contributed by atoms with E-state index in [1.54, 1.807) is 11.3 Å². The number of Topliss-reactive ketones (excluding diaryl/α,β-unsaturated/α-hetero) is 2. The van der Waals surface area contributed by atoms with Gasteiger partial charge >= 0.3 is 0 Å². The number of allylic oxidation sites excluding steroid dienone is 3. The molecule has 0 radical (unpaired) electrons. The highest BCUT2D eigenvalue weighted by Crippen LogP contribution is 2.48. The molecule has 33 heavy (non-hydrogen) atoms. The molecule has 0 amide bonds. The molecule has 2 aliphatic rings. The van der Waals surface area contributed by atoms with Gasteiger partial charge in [-0.3, -0.25) is 9.59 Å². The van der Waals surface area contributed by atoms with E-state index in [2.05, 4.69) is 39.1 Å². The van der Waals surface area contributed by atoms with E-state index in [9.17, 15) is 14.9 Å². The highest BCUT2D eigenvalue weighted by molar-refractivity contribution is 8.03. The van der Waals surface area contributed by atoms with Crippen LogP contribution >= 0.6 is 23.1 Å². The third-order valence-corrected chi connectivity index (χ3v) is 8.16. The molecule has 1 aromatic carbocycles. The van der Waals surface area contributed by atoms with Crippen LogP contribution in [0.25, 0.3) is 0 Å². The van der Waals surface area contributed by atoms with E-state index < -0.39 is 0 Å². The van der Waals surface area contributed by atoms with Gasteiger partial charge in [0.15, 0.2) is 11.6 Å². The Bertz CT molecular complexity index is 1180. The molecule has 1 unspecified atom stereocenters. The Morgan fingerprint density at radius 1 is 1.24 bits per heavy atom. The third-order valence-electron chi connectivity index (χ3n) is 6.20. The summed E-state index contributed by atoms with van der Waals surface area (Å²) in [6, 6.07) is 14.0. The molecule has 0 spiro atoms. The number of ketones is 2. The van der Waals surface area contributed by atoms with Gasteiger partial charge in [-0.1, -0.05) is 69.8 Å². The van der Waals surface area contributed by atoms with Crippen molar-refractivity contribution in [2.75, 3.05) is 5.75 Å². The minimum Gasteiger partial charge on any atom is -0.352 e. The number of dihydropyridines is 1. The maximum atomic E-state index is 13.2. The predicted octanol–water partition coefficient (Wildman–Crippen LogP) is 6.55. The molecule has 0 saturated carbocycles. The molecule has 1 N–H and O–H groups in total. The number of hydrogen-bond donors (Lipinski definition) is 1. The molecule has 0 fully saturated rings. The van der Waals surface area contributed by atoms with Crippen molar-refractivity contribution in [2.24, 2.45) is 5.41 Å². The van der Waals surface area contributed by atoms with Crippen LogP contribution in [-0.4, -0.2) is 17.3 Å². The lowest BCUT2D eigenvalue weighted by atomic mass is 9.70. The number of carbonyl (C=O) groups is 2. The fourth-order valence-corrected chi connectivity index (χ4v) is 6.30. The van der Waals surface area contributed by atoms with E-state index in [-0.39, 0.29) is 28.7 Å². The lowest BCUT2D eigenvalue weighted by molar-refractivity contribution is -0.118. The van der Waals surface area contributed by atoms with E-state index in [1.165, 1.54) is 17.3 Å². The first-order valence-corrected chi connectivity index (χ1v) is 13.0. The topological polar surface area (TPSA) is 70.0 Å². The Balaban J connectivity index is 1.63. The Morgan fingerprint density at radius 3 is 2.58 bits per heavy atom. The van der Waals surface area contributed by atoms with Crippen LogP contribution in [0.15, 0.2) is 63.7 Å². The lowest BCUT2D eigenvalue weighted by Gasteiger charge is -2.38. The molecular weight excluding hydrogens is 448 g/mol. The zero-order chi connectivity index (χ0) is 23.8. The van der Waals surface area contributed by atoms with Crippen molar-refractivity contribution in [2.45, 2.75) is 52.4 Å². The lowest BCUT2D eigenvalue weighted by Crippen LogP contribution is -2.36. The summed E-state index contributed by atoms with van der Waals surface area (Å²) >= 11 is 2.91. The summed E-state index contributed by atoms with van der Waals surface area (Å²) in [7, 11) is 0. The molecule has 1 aromatic heterocycles. The van der Waals surface area contributed by atoms with Gasteiger partial charge < -0.3 is 5.32 Å². The standard InChI is InChI=1S/C27H28N2O2S2/c1-16(2)17-7-9-18(10-8-17)22(31)15-33-26-19(14-28)24(23-6-5-11-32-23)25-20(29-26)12-27(3,4)13-21(25)30/h5-11,16,24,29H,12-13,15H2,1-4H3. The van der Waals surface area contributed by atoms with Crippen LogP contribution in [0.2, 0.25) is 0 Å². The van der Waals surface area contributed by atoms with Crippen molar-refractivity contribution in [3.8, 4) is 6.07 Å². The summed E-state index contributed by atoms with van der Waals surface area (Å²) in [6.45, 7) is 8.44. The summed E-state index contributed by atoms with van der Waals surface area (Å²) in [6.07, 6.45) is 1.21. The molecular formula is C27H28N2O2S2. The van der Waals surface area contributed by atoms with E-state index in [0.29, 0.717) is 34.1 Å². The van der Waals surface area contributed by atoms with Crippen LogP contribution < -0.4 is 5.32 Å². The monoisotopic (exact) mass is 476 g/mol. The molecule has 2 heterocycles. The number of benzene rings is 1. The average Bonchev–Trinajstić information content (AvgIpc) is 3.30. The first-order valence-electron chi connectivity index (χ1n) is 11.2. The number of nitrogens with zero attached hydrogens (tertiary/aromatic N) is 1. The second kappa shape index (κ2) is 9.32. The quantitative estimate of drug-likeness (QED) is 0.479. The van der Waals surface area contributed by atoms with Crippen LogP contribution in [0.4, 0.5) is 0 Å². The molecule has 0 saturated heterocycles. The van der Waals surface area contributed by atoms with Gasteiger partial charge in [0.2, 0.25) is 0 Å². The normalized spacial score (nSPS) is 19.9. The Kier molecular flexibility index (Phi) is 6.65. The predicted molar refractivity (Wildman–Crippen MR) is 135 cm³/mol. The first kappa shape index (κ1) is 23.5.